The second-order valence-corrected chi connectivity index (χ2v) is 26.0. The minimum atomic E-state index is -5.93. The molecule has 10 atom stereocenters. The molecular weight excluding hydrogens is 1210 g/mol. The van der Waals surface area contributed by atoms with Crippen LogP contribution in [0.15, 0.2) is 143 Å². The number of rotatable bonds is 10. The maximum absolute atomic E-state index is 15.2. The molecule has 8 aliphatic carbocycles. The highest BCUT2D eigenvalue weighted by molar-refractivity contribution is 6.06. The first-order chi connectivity index (χ1) is 42.7. The van der Waals surface area contributed by atoms with Gasteiger partial charge in [-0.05, 0) is 207 Å². The number of amides is 2. The van der Waals surface area contributed by atoms with Gasteiger partial charge in [-0.15, -0.1) is 0 Å². The van der Waals surface area contributed by atoms with Crippen molar-refractivity contribution in [2.45, 2.75) is 151 Å². The molecular formula is C69H66F10N2O10. The standard InChI is InChI=1S/C35H34F5NO5.C34H32F5NO5/c1-32-18-27(19-6-8-20(9-7-19)30(43)41-23-5-3-4-22(16-23)31(44)46-2)29-25-13-11-24(42)17-21(25)10-12-26(29)28(32)14-15-33(32,45)34(36,37)35(38,39)40;1-31-17-26(18-5-7-19(8-6-18)29(42)40-22-4-2-3-21(15-22)30(43)44)28-24-12-10-23(41)16-20(24)9-11-25(28)27(31)13-14-32(31,45)33(35,36)34(37,38)39/h3-9,16-17,26-28,45H,10-15,18H2,1-2H3,(H,41,43);2-8,15-16,25-27,45H,9-14,17H2,1H3,(H,40,42)(H,43,44)/t26-,27+,28-,32-,33-;25?,26-,27+,31+,32+/m01/s1. The number of carbonyl (C=O) groups is 6. The van der Waals surface area contributed by atoms with Gasteiger partial charge in [0, 0.05) is 58.0 Å². The molecule has 4 saturated carbocycles. The fourth-order valence-corrected chi connectivity index (χ4v) is 17.1. The Kier molecular flexibility index (Phi) is 16.5. The van der Waals surface area contributed by atoms with Gasteiger partial charge in [0.15, 0.2) is 11.6 Å². The Morgan fingerprint density at radius 1 is 0.516 bits per heavy atom. The summed E-state index contributed by atoms with van der Waals surface area (Å²) in [5.74, 6) is -16.5. The summed E-state index contributed by atoms with van der Waals surface area (Å²) in [5, 5.41) is 37.4. The summed E-state index contributed by atoms with van der Waals surface area (Å²) in [4.78, 5) is 73.8. The van der Waals surface area contributed by atoms with Crippen molar-refractivity contribution in [3.63, 3.8) is 0 Å². The van der Waals surface area contributed by atoms with Crippen molar-refractivity contribution in [2.75, 3.05) is 17.7 Å². The summed E-state index contributed by atoms with van der Waals surface area (Å²) < 4.78 is 148. The number of fused-ring (bicyclic) bond motifs is 8. The molecule has 91 heavy (non-hydrogen) atoms. The number of nitrogens with one attached hydrogen (secondary N) is 2. The average Bonchev–Trinajstić information content (AvgIpc) is 1.61. The topological polar surface area (TPSA) is 196 Å². The van der Waals surface area contributed by atoms with Crippen LogP contribution in [0.25, 0.3) is 0 Å². The van der Waals surface area contributed by atoms with Gasteiger partial charge in [-0.25, -0.2) is 9.59 Å². The molecule has 4 aromatic rings. The molecule has 482 valence electrons. The van der Waals surface area contributed by atoms with E-state index in [0.29, 0.717) is 55.3 Å². The zero-order chi connectivity index (χ0) is 65.8. The lowest BCUT2D eigenvalue weighted by Crippen LogP contribution is -2.65. The summed E-state index contributed by atoms with van der Waals surface area (Å²) in [5.41, 5.74) is -2.00. The number of halogens is 10. The van der Waals surface area contributed by atoms with Gasteiger partial charge in [-0.2, -0.15) is 43.9 Å². The smallest absolute Gasteiger partial charge is 0.456 e. The number of carboxylic acid groups (broad SMARTS) is 1. The summed E-state index contributed by atoms with van der Waals surface area (Å²) >= 11 is 0. The van der Waals surface area contributed by atoms with Gasteiger partial charge in [-0.1, -0.05) is 61.4 Å². The van der Waals surface area contributed by atoms with Gasteiger partial charge < -0.3 is 30.7 Å². The summed E-state index contributed by atoms with van der Waals surface area (Å²) in [6.45, 7) is 2.74. The van der Waals surface area contributed by atoms with Gasteiger partial charge in [0.2, 0.25) is 0 Å². The van der Waals surface area contributed by atoms with Gasteiger partial charge in [0.1, 0.15) is 11.2 Å². The molecule has 0 heterocycles. The number of aliphatic hydroxyl groups is 2. The van der Waals surface area contributed by atoms with Gasteiger partial charge in [-0.3, -0.25) is 19.2 Å². The van der Waals surface area contributed by atoms with Crippen LogP contribution >= 0.6 is 0 Å². The third kappa shape index (κ3) is 10.7. The van der Waals surface area contributed by atoms with E-state index in [4.69, 9.17) is 4.74 Å². The first-order valence-electron chi connectivity index (χ1n) is 30.3. The number of carbonyl (C=O) groups excluding carboxylic acids is 5. The molecule has 12 nitrogen and oxygen atoms in total. The Hall–Kier alpha value is -7.72. The zero-order valence-corrected chi connectivity index (χ0v) is 49.7. The van der Waals surface area contributed by atoms with Crippen molar-refractivity contribution < 1.29 is 92.7 Å². The quantitative estimate of drug-likeness (QED) is 0.0753. The molecule has 0 saturated heterocycles. The predicted molar refractivity (Wildman–Crippen MR) is 312 cm³/mol. The second-order valence-electron chi connectivity index (χ2n) is 26.0. The number of hydrogen-bond acceptors (Lipinski definition) is 9. The summed E-state index contributed by atoms with van der Waals surface area (Å²) in [6.07, 6.45) is -6.79. The number of methoxy groups -OCH3 is 1. The molecule has 0 radical (unpaired) electrons. The molecule has 0 aliphatic heterocycles. The van der Waals surface area contributed by atoms with Crippen molar-refractivity contribution in [3.05, 3.63) is 176 Å². The molecule has 12 rings (SSSR count). The minimum Gasteiger partial charge on any atom is -0.478 e. The van der Waals surface area contributed by atoms with Crippen LogP contribution in [0.4, 0.5) is 55.3 Å². The fourth-order valence-electron chi connectivity index (χ4n) is 17.1. The molecule has 0 spiro atoms. The van der Waals surface area contributed by atoms with Crippen LogP contribution in [-0.4, -0.2) is 93.1 Å². The van der Waals surface area contributed by atoms with Crippen LogP contribution in [0.2, 0.25) is 0 Å². The van der Waals surface area contributed by atoms with E-state index < -0.39 is 106 Å². The van der Waals surface area contributed by atoms with Gasteiger partial charge in [0.25, 0.3) is 11.8 Å². The number of aromatic carboxylic acids is 1. The monoisotopic (exact) mass is 1270 g/mol. The van der Waals surface area contributed by atoms with E-state index >= 15 is 17.6 Å². The maximum atomic E-state index is 15.2. The van der Waals surface area contributed by atoms with Gasteiger partial charge >= 0.3 is 36.1 Å². The maximum Gasteiger partial charge on any atom is 0.456 e. The number of carboxylic acids is 1. The molecule has 1 unspecified atom stereocenters. The van der Waals surface area contributed by atoms with Crippen LogP contribution in [0.1, 0.15) is 168 Å². The van der Waals surface area contributed by atoms with Crippen molar-refractivity contribution in [1.82, 2.24) is 0 Å². The largest absolute Gasteiger partial charge is 0.478 e. The van der Waals surface area contributed by atoms with Crippen LogP contribution in [0.3, 0.4) is 0 Å². The normalized spacial score (nSPS) is 29.6. The van der Waals surface area contributed by atoms with E-state index in [9.17, 15) is 70.4 Å². The Morgan fingerprint density at radius 2 is 0.901 bits per heavy atom. The van der Waals surface area contributed by atoms with Crippen LogP contribution in [0.5, 0.6) is 0 Å². The lowest BCUT2D eigenvalue weighted by atomic mass is 9.50. The number of ketones is 2. The molecule has 2 amide bonds. The molecule has 0 aromatic heterocycles. The lowest BCUT2D eigenvalue weighted by Gasteiger charge is -2.56. The molecule has 22 heteroatoms. The SMILES string of the molecule is COC(=O)c1cccc(NC(=O)c2ccc([C@H]3C[C@@]4(C)[C@@H](CC[C@@]4(O)C(F)(F)C(F)(F)F)[C@@H]4CCC5=CC(=O)CCC5=C43)cc2)c1.C[C@]12C[C@H](c3ccc(C(=O)Nc4cccc(C(=O)O)c4)cc3)C3=C4CCC(=O)C=C4CCC3[C@@H]1CC[C@@]2(O)C(F)(F)C(F)(F)F. The van der Waals surface area contributed by atoms with E-state index in [-0.39, 0.29) is 89.9 Å². The molecule has 5 N–H and O–H groups in total. The van der Waals surface area contributed by atoms with E-state index in [0.717, 1.165) is 33.4 Å². The number of hydrogen-bond donors (Lipinski definition) is 5. The van der Waals surface area contributed by atoms with Crippen molar-refractivity contribution >= 4 is 46.7 Å². The first-order valence-corrected chi connectivity index (χ1v) is 30.3. The lowest BCUT2D eigenvalue weighted by molar-refractivity contribution is -0.362. The Labute approximate surface area is 516 Å². The zero-order valence-electron chi connectivity index (χ0n) is 49.7. The number of allylic oxidation sites excluding steroid dienone is 8. The number of anilines is 2. The Bertz CT molecular complexity index is 3790. The third-order valence-corrected chi connectivity index (χ3v) is 21.6. The highest BCUT2D eigenvalue weighted by atomic mass is 19.4. The summed E-state index contributed by atoms with van der Waals surface area (Å²) in [7, 11) is 1.24. The van der Waals surface area contributed by atoms with Crippen LogP contribution in [0, 0.1) is 34.5 Å². The average molecular weight is 1270 g/mol. The minimum absolute atomic E-state index is 0.00236. The second kappa shape index (κ2) is 23.1. The first kappa shape index (κ1) is 64.8. The third-order valence-electron chi connectivity index (χ3n) is 21.6. The Balaban J connectivity index is 0.000000187. The van der Waals surface area contributed by atoms with E-state index in [1.807, 2.05) is 0 Å². The van der Waals surface area contributed by atoms with Crippen molar-refractivity contribution in [3.8, 4) is 0 Å². The van der Waals surface area contributed by atoms with Crippen LogP contribution < -0.4 is 10.6 Å². The van der Waals surface area contributed by atoms with Gasteiger partial charge in [0.05, 0.1) is 18.2 Å². The van der Waals surface area contributed by atoms with E-state index in [1.54, 1.807) is 66.7 Å². The predicted octanol–water partition coefficient (Wildman–Crippen LogP) is 15.0. The Morgan fingerprint density at radius 3 is 1.27 bits per heavy atom. The fraction of sp³-hybridized carbons (Fsp3) is 0.449. The number of benzene rings is 4. The summed E-state index contributed by atoms with van der Waals surface area (Å²) in [6, 6.07) is 24.7. The number of ether oxygens (including phenoxy) is 1. The molecule has 0 bridgehead atoms. The molecule has 4 fully saturated rings. The highest BCUT2D eigenvalue weighted by Gasteiger charge is 2.80. The van der Waals surface area contributed by atoms with E-state index in [2.05, 4.69) is 10.6 Å². The van der Waals surface area contributed by atoms with Crippen molar-refractivity contribution in [2.24, 2.45) is 34.5 Å². The van der Waals surface area contributed by atoms with Crippen molar-refractivity contribution in [1.29, 1.82) is 0 Å². The van der Waals surface area contributed by atoms with E-state index in [1.165, 1.54) is 63.4 Å². The van der Waals surface area contributed by atoms with Crippen LogP contribution in [-0.2, 0) is 14.3 Å². The molecule has 4 aromatic carbocycles. The number of esters is 1. The number of alkyl halides is 10. The molecule has 8 aliphatic rings. The highest BCUT2D eigenvalue weighted by Crippen LogP contribution is 2.73.